The number of amides is 1. The van der Waals surface area contributed by atoms with Gasteiger partial charge in [-0.05, 0) is 52.3 Å². The lowest BCUT2D eigenvalue weighted by molar-refractivity contribution is -0.142. The molecule has 0 radical (unpaired) electrons. The molecule has 7 nitrogen and oxygen atoms in total. The number of hydrogen-bond acceptors (Lipinski definition) is 6. The van der Waals surface area contributed by atoms with E-state index in [9.17, 15) is 9.59 Å². The van der Waals surface area contributed by atoms with E-state index in [-0.39, 0.29) is 42.8 Å². The number of ether oxygens (including phenoxy) is 2. The first-order chi connectivity index (χ1) is 21.1. The quantitative estimate of drug-likeness (QED) is 0.310. The normalized spacial score (nSPS) is 26.1. The summed E-state index contributed by atoms with van der Waals surface area (Å²) in [6.07, 6.45) is 0.426. The molecule has 2 fully saturated rings. The third-order valence-corrected chi connectivity index (χ3v) is 10.0. The standard InChI is InChI=1S/C36H33N3O4/c1-42-33(40)30-20-36-28-17-9-10-18-29(28)38-34(36)39(31(32(36)37-30)19-22-11-3-2-4-12-22)35(41)43-21-27-25-15-7-5-13-23(25)24-14-6-8-16-26(24)27/h2-18,27,30-32,34,37-38H,19-21H2,1H3/t30-,31-,32-,34-,36+/m0/s1. The number of carbonyl (C=O) groups excluding carboxylic acids is 2. The van der Waals surface area contributed by atoms with Crippen molar-refractivity contribution in [1.82, 2.24) is 10.2 Å². The third kappa shape index (κ3) is 3.84. The Hall–Kier alpha value is -4.62. The van der Waals surface area contributed by atoms with E-state index in [0.717, 1.165) is 16.8 Å². The molecule has 8 rings (SSSR count). The number of carbonyl (C=O) groups is 2. The van der Waals surface area contributed by atoms with Crippen molar-refractivity contribution in [2.45, 2.75) is 48.5 Å². The number of fused-ring (bicyclic) bond motifs is 4. The van der Waals surface area contributed by atoms with Gasteiger partial charge in [0.25, 0.3) is 0 Å². The van der Waals surface area contributed by atoms with E-state index in [2.05, 4.69) is 65.2 Å². The maximum Gasteiger partial charge on any atom is 0.411 e. The molecule has 4 aromatic carbocycles. The highest BCUT2D eigenvalue weighted by atomic mass is 16.6. The number of rotatable bonds is 5. The monoisotopic (exact) mass is 571 g/mol. The summed E-state index contributed by atoms with van der Waals surface area (Å²) in [4.78, 5) is 29.1. The van der Waals surface area contributed by atoms with Crippen LogP contribution in [0.25, 0.3) is 11.1 Å². The Morgan fingerprint density at radius 1 is 0.860 bits per heavy atom. The van der Waals surface area contributed by atoms with Gasteiger partial charge in [-0.1, -0.05) is 97.1 Å². The van der Waals surface area contributed by atoms with Crippen molar-refractivity contribution >= 4 is 17.7 Å². The molecule has 0 aromatic heterocycles. The lowest BCUT2D eigenvalue weighted by atomic mass is 9.73. The Balaban J connectivity index is 1.16. The van der Waals surface area contributed by atoms with Crippen LogP contribution in [-0.4, -0.2) is 55.0 Å². The molecule has 2 saturated heterocycles. The Morgan fingerprint density at radius 2 is 1.51 bits per heavy atom. The minimum atomic E-state index is -0.513. The van der Waals surface area contributed by atoms with Gasteiger partial charge in [0.05, 0.1) is 18.6 Å². The highest BCUT2D eigenvalue weighted by molar-refractivity contribution is 5.81. The first-order valence-electron chi connectivity index (χ1n) is 15.0. The molecule has 1 spiro atoms. The van der Waals surface area contributed by atoms with Gasteiger partial charge in [-0.2, -0.15) is 0 Å². The first kappa shape index (κ1) is 26.0. The van der Waals surface area contributed by atoms with E-state index in [0.29, 0.717) is 12.8 Å². The van der Waals surface area contributed by atoms with Crippen LogP contribution in [0.2, 0.25) is 0 Å². The number of anilines is 1. The molecule has 7 heteroatoms. The Morgan fingerprint density at radius 3 is 2.23 bits per heavy atom. The van der Waals surface area contributed by atoms with Crippen molar-refractivity contribution in [2.24, 2.45) is 0 Å². The molecule has 0 unspecified atom stereocenters. The van der Waals surface area contributed by atoms with Gasteiger partial charge < -0.3 is 14.8 Å². The lowest BCUT2D eigenvalue weighted by Crippen LogP contribution is -2.51. The van der Waals surface area contributed by atoms with Crippen LogP contribution < -0.4 is 10.6 Å². The van der Waals surface area contributed by atoms with E-state index >= 15 is 0 Å². The van der Waals surface area contributed by atoms with Gasteiger partial charge in [0.2, 0.25) is 0 Å². The number of nitrogens with one attached hydrogen (secondary N) is 2. The number of para-hydroxylation sites is 1. The third-order valence-electron chi connectivity index (χ3n) is 10.0. The van der Waals surface area contributed by atoms with E-state index < -0.39 is 11.5 Å². The molecular weight excluding hydrogens is 538 g/mol. The number of benzene rings is 4. The Bertz CT molecular complexity index is 1680. The molecule has 3 heterocycles. The van der Waals surface area contributed by atoms with Crippen molar-refractivity contribution in [3.63, 3.8) is 0 Å². The summed E-state index contributed by atoms with van der Waals surface area (Å²) < 4.78 is 11.5. The number of nitrogens with zero attached hydrogens (tertiary/aromatic N) is 1. The zero-order valence-corrected chi connectivity index (χ0v) is 23.9. The summed E-state index contributed by atoms with van der Waals surface area (Å²) in [6, 6.07) is 34.3. The summed E-state index contributed by atoms with van der Waals surface area (Å²) in [7, 11) is 1.43. The number of likely N-dealkylation sites (tertiary alicyclic amines) is 1. The summed E-state index contributed by atoms with van der Waals surface area (Å²) >= 11 is 0. The number of methoxy groups -OCH3 is 1. The van der Waals surface area contributed by atoms with Crippen LogP contribution in [0.5, 0.6) is 0 Å². The predicted octanol–water partition coefficient (Wildman–Crippen LogP) is 5.46. The van der Waals surface area contributed by atoms with Crippen molar-refractivity contribution in [1.29, 1.82) is 0 Å². The molecule has 0 bridgehead atoms. The van der Waals surface area contributed by atoms with Gasteiger partial charge >= 0.3 is 12.1 Å². The molecule has 0 saturated carbocycles. The minimum Gasteiger partial charge on any atom is -0.468 e. The second kappa shape index (κ2) is 9.99. The second-order valence-corrected chi connectivity index (χ2v) is 12.0. The van der Waals surface area contributed by atoms with Gasteiger partial charge in [0.15, 0.2) is 0 Å². The smallest absolute Gasteiger partial charge is 0.411 e. The summed E-state index contributed by atoms with van der Waals surface area (Å²) in [6.45, 7) is 0.247. The van der Waals surface area contributed by atoms with E-state index in [1.165, 1.54) is 29.4 Å². The molecule has 1 aliphatic carbocycles. The van der Waals surface area contributed by atoms with Crippen molar-refractivity contribution in [3.05, 3.63) is 125 Å². The zero-order chi connectivity index (χ0) is 29.1. The van der Waals surface area contributed by atoms with Crippen LogP contribution >= 0.6 is 0 Å². The highest BCUT2D eigenvalue weighted by Crippen LogP contribution is 2.57. The fraction of sp³-hybridized carbons (Fsp3) is 0.278. The largest absolute Gasteiger partial charge is 0.468 e. The first-order valence-corrected chi connectivity index (χ1v) is 15.0. The molecule has 2 N–H and O–H groups in total. The average molecular weight is 572 g/mol. The molecule has 43 heavy (non-hydrogen) atoms. The van der Waals surface area contributed by atoms with Gasteiger partial charge in [0.1, 0.15) is 18.8 Å². The fourth-order valence-corrected chi connectivity index (χ4v) is 8.29. The van der Waals surface area contributed by atoms with E-state index in [4.69, 9.17) is 9.47 Å². The number of esters is 1. The summed E-state index contributed by atoms with van der Waals surface area (Å²) in [5.74, 6) is -0.311. The van der Waals surface area contributed by atoms with Crippen molar-refractivity contribution in [3.8, 4) is 11.1 Å². The van der Waals surface area contributed by atoms with Crippen LogP contribution in [0.1, 0.15) is 34.6 Å². The van der Waals surface area contributed by atoms with Crippen LogP contribution in [0, 0.1) is 0 Å². The lowest BCUT2D eigenvalue weighted by Gasteiger charge is -2.33. The van der Waals surface area contributed by atoms with E-state index in [1.807, 2.05) is 53.4 Å². The summed E-state index contributed by atoms with van der Waals surface area (Å²) in [5.41, 5.74) is 7.47. The highest BCUT2D eigenvalue weighted by Gasteiger charge is 2.69. The van der Waals surface area contributed by atoms with Crippen LogP contribution in [0.3, 0.4) is 0 Å². The SMILES string of the molecule is COC(=O)[C@@H]1C[C@]23c4ccccc4N[C@H]2N(C(=O)OCC2c4ccccc4-c4ccccc42)[C@@H](Cc2ccccc2)[C@@H]3N1. The predicted molar refractivity (Wildman–Crippen MR) is 164 cm³/mol. The Labute approximate surface area is 250 Å². The topological polar surface area (TPSA) is 79.9 Å². The molecule has 5 atom stereocenters. The van der Waals surface area contributed by atoms with Crippen molar-refractivity contribution in [2.75, 3.05) is 19.0 Å². The van der Waals surface area contributed by atoms with Crippen LogP contribution in [0.15, 0.2) is 103 Å². The van der Waals surface area contributed by atoms with E-state index in [1.54, 1.807) is 0 Å². The molecule has 1 amide bonds. The maximum atomic E-state index is 14.4. The summed E-state index contributed by atoms with van der Waals surface area (Å²) in [5, 5.41) is 7.30. The van der Waals surface area contributed by atoms with Crippen LogP contribution in [0.4, 0.5) is 10.5 Å². The Kier molecular flexibility index (Phi) is 6.05. The molecule has 4 aromatic rings. The van der Waals surface area contributed by atoms with Crippen LogP contribution in [-0.2, 0) is 26.1 Å². The molecule has 216 valence electrons. The average Bonchev–Trinajstić information content (AvgIpc) is 3.75. The molecular formula is C36H33N3O4. The number of hydrogen-bond donors (Lipinski definition) is 2. The maximum absolute atomic E-state index is 14.4. The van der Waals surface area contributed by atoms with Gasteiger partial charge in [-0.25, -0.2) is 4.79 Å². The second-order valence-electron chi connectivity index (χ2n) is 12.0. The van der Waals surface area contributed by atoms with Gasteiger partial charge in [-0.3, -0.25) is 15.0 Å². The fourth-order valence-electron chi connectivity index (χ4n) is 8.29. The van der Waals surface area contributed by atoms with Gasteiger partial charge in [-0.15, -0.1) is 0 Å². The zero-order valence-electron chi connectivity index (χ0n) is 23.9. The van der Waals surface area contributed by atoms with Crippen molar-refractivity contribution < 1.29 is 19.1 Å². The molecule has 4 aliphatic rings. The van der Waals surface area contributed by atoms with Gasteiger partial charge in [0, 0.05) is 17.6 Å². The minimum absolute atomic E-state index is 0.0319. The molecule has 3 aliphatic heterocycles.